The second kappa shape index (κ2) is 5.72. The topological polar surface area (TPSA) is 16.4 Å². The summed E-state index contributed by atoms with van der Waals surface area (Å²) in [7, 11) is 0. The van der Waals surface area contributed by atoms with Gasteiger partial charge in [-0.3, -0.25) is 0 Å². The number of rotatable bonds is 4. The van der Waals surface area contributed by atoms with Crippen LogP contribution in [0.1, 0.15) is 50.5 Å². The van der Waals surface area contributed by atoms with Crippen molar-refractivity contribution in [3.8, 4) is 0 Å². The Hall–Kier alpha value is -0.760. The molecule has 0 saturated carbocycles. The number of nitrogens with zero attached hydrogens (tertiary/aromatic N) is 1. The Morgan fingerprint density at radius 1 is 1.35 bits per heavy atom. The molecule has 1 saturated heterocycles. The molecular formula is C15H25NO. The molecule has 0 aromatic carbocycles. The molecule has 1 aromatic rings. The van der Waals surface area contributed by atoms with Crippen LogP contribution < -0.4 is 0 Å². The Kier molecular flexibility index (Phi) is 4.27. The average molecular weight is 235 g/mol. The molecule has 0 amide bonds. The number of piperidine rings is 1. The van der Waals surface area contributed by atoms with Crippen molar-refractivity contribution in [1.29, 1.82) is 0 Å². The third-order valence-electron chi connectivity index (χ3n) is 4.00. The minimum atomic E-state index is 0.544. The van der Waals surface area contributed by atoms with E-state index in [0.29, 0.717) is 5.92 Å². The van der Waals surface area contributed by atoms with Gasteiger partial charge in [0, 0.05) is 5.92 Å². The molecule has 17 heavy (non-hydrogen) atoms. The lowest BCUT2D eigenvalue weighted by atomic mass is 9.98. The first-order chi connectivity index (χ1) is 8.15. The fourth-order valence-corrected chi connectivity index (χ4v) is 2.52. The number of aryl methyl sites for hydroxylation is 1. The highest BCUT2D eigenvalue weighted by Gasteiger charge is 2.17. The summed E-state index contributed by atoms with van der Waals surface area (Å²) in [6.07, 6.45) is 3.95. The molecule has 0 bridgehead atoms. The predicted molar refractivity (Wildman–Crippen MR) is 71.3 cm³/mol. The van der Waals surface area contributed by atoms with Crippen molar-refractivity contribution in [2.24, 2.45) is 5.92 Å². The third-order valence-corrected chi connectivity index (χ3v) is 4.00. The van der Waals surface area contributed by atoms with Crippen LogP contribution in [0.5, 0.6) is 0 Å². The van der Waals surface area contributed by atoms with Crippen molar-refractivity contribution in [2.75, 3.05) is 19.6 Å². The molecule has 2 nitrogen and oxygen atoms in total. The van der Waals surface area contributed by atoms with Gasteiger partial charge in [0.05, 0.1) is 0 Å². The Morgan fingerprint density at radius 3 is 2.65 bits per heavy atom. The van der Waals surface area contributed by atoms with Gasteiger partial charge in [0.1, 0.15) is 11.5 Å². The van der Waals surface area contributed by atoms with Crippen LogP contribution in [-0.4, -0.2) is 24.5 Å². The second-order valence-electron chi connectivity index (χ2n) is 5.66. The maximum atomic E-state index is 5.68. The molecule has 0 aliphatic carbocycles. The van der Waals surface area contributed by atoms with Crippen LogP contribution in [0.25, 0.3) is 0 Å². The van der Waals surface area contributed by atoms with Crippen LogP contribution in [0.2, 0.25) is 0 Å². The Balaban J connectivity index is 1.74. The predicted octanol–water partition coefficient (Wildman–Crippen LogP) is 3.81. The Bertz CT molecular complexity index is 336. The molecular weight excluding hydrogens is 210 g/mol. The number of hydrogen-bond donors (Lipinski definition) is 0. The van der Waals surface area contributed by atoms with E-state index in [1.807, 2.05) is 6.92 Å². The van der Waals surface area contributed by atoms with Crippen molar-refractivity contribution in [3.05, 3.63) is 23.7 Å². The van der Waals surface area contributed by atoms with Crippen molar-refractivity contribution >= 4 is 0 Å². The largest absolute Gasteiger partial charge is 0.466 e. The van der Waals surface area contributed by atoms with E-state index in [-0.39, 0.29) is 0 Å². The summed E-state index contributed by atoms with van der Waals surface area (Å²) in [6, 6.07) is 4.19. The molecule has 2 heteroatoms. The molecule has 2 heterocycles. The highest BCUT2D eigenvalue weighted by atomic mass is 16.3. The summed E-state index contributed by atoms with van der Waals surface area (Å²) in [5.41, 5.74) is 0. The maximum absolute atomic E-state index is 5.68. The van der Waals surface area contributed by atoms with Crippen LogP contribution in [0.3, 0.4) is 0 Å². The maximum Gasteiger partial charge on any atom is 0.107 e. The first-order valence-corrected chi connectivity index (χ1v) is 6.94. The van der Waals surface area contributed by atoms with Crippen molar-refractivity contribution in [2.45, 2.75) is 46.0 Å². The lowest BCUT2D eigenvalue weighted by molar-refractivity contribution is 0.186. The zero-order chi connectivity index (χ0) is 12.3. The smallest absolute Gasteiger partial charge is 0.107 e. The molecule has 1 fully saturated rings. The zero-order valence-corrected chi connectivity index (χ0v) is 11.4. The normalized spacial score (nSPS) is 20.6. The SMILES string of the molecule is Cc1ccc(C(C)CCN2CCC(C)CC2)o1. The molecule has 0 N–H and O–H groups in total. The molecule has 2 rings (SSSR count). The molecule has 0 spiro atoms. The van der Waals surface area contributed by atoms with Crippen LogP contribution in [-0.2, 0) is 0 Å². The molecule has 1 aliphatic rings. The van der Waals surface area contributed by atoms with Crippen LogP contribution in [0.15, 0.2) is 16.5 Å². The van der Waals surface area contributed by atoms with E-state index < -0.39 is 0 Å². The molecule has 1 atom stereocenters. The number of hydrogen-bond acceptors (Lipinski definition) is 2. The van der Waals surface area contributed by atoms with Gasteiger partial charge in [-0.15, -0.1) is 0 Å². The molecule has 1 aliphatic heterocycles. The van der Waals surface area contributed by atoms with E-state index in [1.54, 1.807) is 0 Å². The molecule has 96 valence electrons. The minimum Gasteiger partial charge on any atom is -0.466 e. The fraction of sp³-hybridized carbons (Fsp3) is 0.733. The quantitative estimate of drug-likeness (QED) is 0.789. The van der Waals surface area contributed by atoms with Crippen molar-refractivity contribution in [3.63, 3.8) is 0 Å². The Labute approximate surface area is 105 Å². The van der Waals surface area contributed by atoms with Gasteiger partial charge >= 0.3 is 0 Å². The van der Waals surface area contributed by atoms with E-state index in [2.05, 4.69) is 30.9 Å². The summed E-state index contributed by atoms with van der Waals surface area (Å²) in [6.45, 7) is 10.4. The molecule has 0 radical (unpaired) electrons. The number of likely N-dealkylation sites (tertiary alicyclic amines) is 1. The fourth-order valence-electron chi connectivity index (χ4n) is 2.52. The standard InChI is InChI=1S/C15H25NO/c1-12-6-9-16(10-7-12)11-8-13(2)15-5-4-14(3)17-15/h4-5,12-13H,6-11H2,1-3H3. The van der Waals surface area contributed by atoms with Crippen LogP contribution in [0.4, 0.5) is 0 Å². The van der Waals surface area contributed by atoms with E-state index in [9.17, 15) is 0 Å². The average Bonchev–Trinajstić information content (AvgIpc) is 2.75. The van der Waals surface area contributed by atoms with Gasteiger partial charge in [-0.05, 0) is 63.9 Å². The minimum absolute atomic E-state index is 0.544. The van der Waals surface area contributed by atoms with Gasteiger partial charge in [-0.25, -0.2) is 0 Å². The number of furan rings is 1. The van der Waals surface area contributed by atoms with E-state index in [4.69, 9.17) is 4.42 Å². The van der Waals surface area contributed by atoms with Gasteiger partial charge in [-0.1, -0.05) is 13.8 Å². The second-order valence-corrected chi connectivity index (χ2v) is 5.66. The zero-order valence-electron chi connectivity index (χ0n) is 11.4. The van der Waals surface area contributed by atoms with Gasteiger partial charge in [0.25, 0.3) is 0 Å². The van der Waals surface area contributed by atoms with Crippen molar-refractivity contribution in [1.82, 2.24) is 4.90 Å². The Morgan fingerprint density at radius 2 is 2.06 bits per heavy atom. The van der Waals surface area contributed by atoms with E-state index in [0.717, 1.165) is 17.4 Å². The summed E-state index contributed by atoms with van der Waals surface area (Å²) >= 11 is 0. The summed E-state index contributed by atoms with van der Waals surface area (Å²) in [5, 5.41) is 0. The molecule has 1 unspecified atom stereocenters. The monoisotopic (exact) mass is 235 g/mol. The first kappa shape index (κ1) is 12.7. The van der Waals surface area contributed by atoms with E-state index >= 15 is 0 Å². The molecule has 1 aromatic heterocycles. The van der Waals surface area contributed by atoms with Gasteiger partial charge in [0.15, 0.2) is 0 Å². The van der Waals surface area contributed by atoms with Crippen LogP contribution in [0, 0.1) is 12.8 Å². The van der Waals surface area contributed by atoms with Gasteiger partial charge < -0.3 is 9.32 Å². The summed E-state index contributed by atoms with van der Waals surface area (Å²) in [5.74, 6) is 3.64. The summed E-state index contributed by atoms with van der Waals surface area (Å²) < 4.78 is 5.68. The highest BCUT2D eigenvalue weighted by molar-refractivity contribution is 5.09. The van der Waals surface area contributed by atoms with Crippen molar-refractivity contribution < 1.29 is 4.42 Å². The summed E-state index contributed by atoms with van der Waals surface area (Å²) in [4.78, 5) is 2.60. The van der Waals surface area contributed by atoms with E-state index in [1.165, 1.54) is 38.9 Å². The lowest BCUT2D eigenvalue weighted by Gasteiger charge is -2.30. The van der Waals surface area contributed by atoms with Gasteiger partial charge in [-0.2, -0.15) is 0 Å². The first-order valence-electron chi connectivity index (χ1n) is 6.94. The van der Waals surface area contributed by atoms with Gasteiger partial charge in [0.2, 0.25) is 0 Å². The third kappa shape index (κ3) is 3.60. The highest BCUT2D eigenvalue weighted by Crippen LogP contribution is 2.23. The lowest BCUT2D eigenvalue weighted by Crippen LogP contribution is -2.34. The van der Waals surface area contributed by atoms with Crippen LogP contribution >= 0.6 is 0 Å².